The molecule has 1 aliphatic carbocycles. The van der Waals surface area contributed by atoms with Crippen LogP contribution in [0.3, 0.4) is 0 Å². The Balaban J connectivity index is 1.98. The van der Waals surface area contributed by atoms with Gasteiger partial charge < -0.3 is 15.5 Å². The van der Waals surface area contributed by atoms with Crippen LogP contribution in [-0.4, -0.2) is 16.3 Å². The van der Waals surface area contributed by atoms with E-state index in [0.717, 1.165) is 5.56 Å². The first-order chi connectivity index (χ1) is 9.16. The van der Waals surface area contributed by atoms with Crippen LogP contribution in [0.2, 0.25) is 0 Å². The van der Waals surface area contributed by atoms with Gasteiger partial charge in [-0.3, -0.25) is 0 Å². The van der Waals surface area contributed by atoms with Crippen molar-refractivity contribution < 1.29 is 10.2 Å². The molecule has 2 rings (SSSR count). The average molecular weight is 263 g/mol. The van der Waals surface area contributed by atoms with E-state index in [1.165, 1.54) is 51.0 Å². The summed E-state index contributed by atoms with van der Waals surface area (Å²) < 4.78 is 0. The second-order valence-electron chi connectivity index (χ2n) is 5.67. The first-order valence-corrected chi connectivity index (χ1v) is 7.45. The summed E-state index contributed by atoms with van der Waals surface area (Å²) in [6, 6.07) is 5.31. The Labute approximate surface area is 115 Å². The van der Waals surface area contributed by atoms with E-state index in [2.05, 4.69) is 5.32 Å². The molecule has 1 aromatic carbocycles. The molecular weight excluding hydrogens is 238 g/mol. The maximum absolute atomic E-state index is 9.88. The number of hydrogen-bond acceptors (Lipinski definition) is 3. The van der Waals surface area contributed by atoms with Gasteiger partial charge in [0.15, 0.2) is 0 Å². The van der Waals surface area contributed by atoms with Crippen molar-refractivity contribution in [2.75, 3.05) is 0 Å². The summed E-state index contributed by atoms with van der Waals surface area (Å²) in [6.45, 7) is 2.05. The lowest BCUT2D eigenvalue weighted by molar-refractivity contribution is 0.356. The topological polar surface area (TPSA) is 52.5 Å². The highest BCUT2D eigenvalue weighted by atomic mass is 16.3. The summed E-state index contributed by atoms with van der Waals surface area (Å²) in [6.07, 6.45) is 9.05. The standard InChI is InChI=1S/C16H25NO2/c1-12(15-11-14(18)9-10-16(15)19)17-13-7-5-3-2-4-6-8-13/h9-13,17-19H,2-8H2,1H3. The van der Waals surface area contributed by atoms with Crippen LogP contribution in [-0.2, 0) is 0 Å². The largest absolute Gasteiger partial charge is 0.508 e. The van der Waals surface area contributed by atoms with Crippen LogP contribution in [0.25, 0.3) is 0 Å². The Morgan fingerprint density at radius 3 is 2.37 bits per heavy atom. The third-order valence-corrected chi connectivity index (χ3v) is 4.07. The van der Waals surface area contributed by atoms with Crippen LogP contribution < -0.4 is 5.32 Å². The minimum atomic E-state index is 0.0662. The van der Waals surface area contributed by atoms with Crippen molar-refractivity contribution in [2.45, 2.75) is 64.0 Å². The molecular formula is C16H25NO2. The maximum Gasteiger partial charge on any atom is 0.120 e. The molecule has 0 bridgehead atoms. The molecule has 1 aliphatic rings. The van der Waals surface area contributed by atoms with E-state index < -0.39 is 0 Å². The van der Waals surface area contributed by atoms with Crippen molar-refractivity contribution in [3.63, 3.8) is 0 Å². The number of nitrogens with one attached hydrogen (secondary N) is 1. The van der Waals surface area contributed by atoms with Crippen LogP contribution in [0, 0.1) is 0 Å². The molecule has 3 nitrogen and oxygen atoms in total. The molecule has 0 aliphatic heterocycles. The highest BCUT2D eigenvalue weighted by molar-refractivity contribution is 5.40. The molecule has 3 N–H and O–H groups in total. The van der Waals surface area contributed by atoms with Gasteiger partial charge in [0, 0.05) is 17.6 Å². The molecule has 106 valence electrons. The van der Waals surface area contributed by atoms with Gasteiger partial charge in [0.05, 0.1) is 0 Å². The number of hydrogen-bond donors (Lipinski definition) is 3. The fourth-order valence-electron chi connectivity index (χ4n) is 2.95. The molecule has 0 saturated heterocycles. The monoisotopic (exact) mass is 263 g/mol. The molecule has 1 unspecified atom stereocenters. The molecule has 0 spiro atoms. The van der Waals surface area contributed by atoms with E-state index in [1.807, 2.05) is 6.92 Å². The van der Waals surface area contributed by atoms with E-state index in [1.54, 1.807) is 12.1 Å². The first-order valence-electron chi connectivity index (χ1n) is 7.45. The van der Waals surface area contributed by atoms with Crippen LogP contribution in [0.4, 0.5) is 0 Å². The van der Waals surface area contributed by atoms with Gasteiger partial charge >= 0.3 is 0 Å². The molecule has 0 heterocycles. The summed E-state index contributed by atoms with van der Waals surface area (Å²) in [7, 11) is 0. The maximum atomic E-state index is 9.88. The average Bonchev–Trinajstić information content (AvgIpc) is 2.35. The van der Waals surface area contributed by atoms with Crippen molar-refractivity contribution >= 4 is 0 Å². The fourth-order valence-corrected chi connectivity index (χ4v) is 2.95. The van der Waals surface area contributed by atoms with Gasteiger partial charge in [0.25, 0.3) is 0 Å². The lowest BCUT2D eigenvalue weighted by Crippen LogP contribution is -2.32. The number of rotatable bonds is 3. The Kier molecular flexibility index (Phi) is 5.08. The SMILES string of the molecule is CC(NC1CCCCCCC1)c1cc(O)ccc1O. The van der Waals surface area contributed by atoms with Gasteiger partial charge in [-0.2, -0.15) is 0 Å². The van der Waals surface area contributed by atoms with E-state index in [4.69, 9.17) is 0 Å². The van der Waals surface area contributed by atoms with Gasteiger partial charge in [0.1, 0.15) is 11.5 Å². The van der Waals surface area contributed by atoms with E-state index >= 15 is 0 Å². The smallest absolute Gasteiger partial charge is 0.120 e. The molecule has 1 saturated carbocycles. The van der Waals surface area contributed by atoms with Gasteiger partial charge in [-0.1, -0.05) is 32.1 Å². The zero-order chi connectivity index (χ0) is 13.7. The summed E-state index contributed by atoms with van der Waals surface area (Å²) in [4.78, 5) is 0. The molecule has 1 fully saturated rings. The summed E-state index contributed by atoms with van der Waals surface area (Å²) in [5, 5.41) is 23.0. The van der Waals surface area contributed by atoms with Crippen molar-refractivity contribution in [1.82, 2.24) is 5.32 Å². The summed E-state index contributed by atoms with van der Waals surface area (Å²) in [5.41, 5.74) is 0.780. The van der Waals surface area contributed by atoms with Crippen LogP contribution in [0.5, 0.6) is 11.5 Å². The highest BCUT2D eigenvalue weighted by Crippen LogP contribution is 2.29. The molecule has 3 heteroatoms. The summed E-state index contributed by atoms with van der Waals surface area (Å²) in [5.74, 6) is 0.461. The quantitative estimate of drug-likeness (QED) is 0.726. The van der Waals surface area contributed by atoms with E-state index in [0.29, 0.717) is 6.04 Å². The number of phenols is 2. The van der Waals surface area contributed by atoms with Gasteiger partial charge in [-0.15, -0.1) is 0 Å². The lowest BCUT2D eigenvalue weighted by Gasteiger charge is -2.25. The molecule has 0 amide bonds. The third-order valence-electron chi connectivity index (χ3n) is 4.07. The molecule has 0 aromatic heterocycles. The Morgan fingerprint density at radius 2 is 1.68 bits per heavy atom. The van der Waals surface area contributed by atoms with Crippen molar-refractivity contribution in [3.8, 4) is 11.5 Å². The Morgan fingerprint density at radius 1 is 1.05 bits per heavy atom. The number of aromatic hydroxyl groups is 2. The number of phenolic OH excluding ortho intramolecular Hbond substituents is 2. The van der Waals surface area contributed by atoms with Crippen molar-refractivity contribution in [1.29, 1.82) is 0 Å². The van der Waals surface area contributed by atoms with Crippen LogP contribution >= 0.6 is 0 Å². The van der Waals surface area contributed by atoms with Crippen molar-refractivity contribution in [3.05, 3.63) is 23.8 Å². The molecule has 1 aromatic rings. The fraction of sp³-hybridized carbons (Fsp3) is 0.625. The summed E-state index contributed by atoms with van der Waals surface area (Å²) >= 11 is 0. The van der Waals surface area contributed by atoms with E-state index in [9.17, 15) is 10.2 Å². The zero-order valence-corrected chi connectivity index (χ0v) is 11.7. The normalized spacial score (nSPS) is 19.6. The van der Waals surface area contributed by atoms with Gasteiger partial charge in [-0.05, 0) is 38.0 Å². The minimum absolute atomic E-state index is 0.0662. The zero-order valence-electron chi connectivity index (χ0n) is 11.7. The van der Waals surface area contributed by atoms with Crippen LogP contribution in [0.15, 0.2) is 18.2 Å². The second kappa shape index (κ2) is 6.80. The third kappa shape index (κ3) is 4.13. The predicted molar refractivity (Wildman–Crippen MR) is 77.4 cm³/mol. The van der Waals surface area contributed by atoms with Crippen LogP contribution in [0.1, 0.15) is 63.5 Å². The molecule has 0 radical (unpaired) electrons. The first kappa shape index (κ1) is 14.2. The lowest BCUT2D eigenvalue weighted by atomic mass is 9.95. The Bertz CT molecular complexity index is 398. The molecule has 19 heavy (non-hydrogen) atoms. The van der Waals surface area contributed by atoms with Gasteiger partial charge in [0.2, 0.25) is 0 Å². The van der Waals surface area contributed by atoms with Gasteiger partial charge in [-0.25, -0.2) is 0 Å². The van der Waals surface area contributed by atoms with Crippen molar-refractivity contribution in [2.24, 2.45) is 0 Å². The number of benzene rings is 1. The second-order valence-corrected chi connectivity index (χ2v) is 5.67. The highest BCUT2D eigenvalue weighted by Gasteiger charge is 2.17. The minimum Gasteiger partial charge on any atom is -0.508 e. The Hall–Kier alpha value is -1.22. The molecule has 1 atom stereocenters. The van der Waals surface area contributed by atoms with E-state index in [-0.39, 0.29) is 17.5 Å². The predicted octanol–water partition coefficient (Wildman–Crippen LogP) is 3.86.